The average molecular weight is 307 g/mol. The molecule has 0 aliphatic carbocycles. The van der Waals surface area contributed by atoms with Gasteiger partial charge in [0, 0.05) is 0 Å². The third-order valence-electron chi connectivity index (χ3n) is 2.84. The number of alkyl carbamates (subject to hydrolysis) is 1. The van der Waals surface area contributed by atoms with Crippen molar-refractivity contribution in [3.63, 3.8) is 0 Å². The third-order valence-corrected chi connectivity index (χ3v) is 2.84. The van der Waals surface area contributed by atoms with Crippen LogP contribution >= 0.6 is 0 Å². The molecule has 1 aromatic rings. The third kappa shape index (κ3) is 7.08. The fourth-order valence-electron chi connectivity index (χ4n) is 1.85. The van der Waals surface area contributed by atoms with Gasteiger partial charge in [0.2, 0.25) is 0 Å². The zero-order valence-electron chi connectivity index (χ0n) is 13.1. The second kappa shape index (κ2) is 8.38. The zero-order valence-corrected chi connectivity index (χ0v) is 13.1. The molecule has 2 atom stereocenters. The Morgan fingerprint density at radius 2 is 1.95 bits per heavy atom. The number of amides is 2. The van der Waals surface area contributed by atoms with Crippen LogP contribution in [-0.4, -0.2) is 35.5 Å². The van der Waals surface area contributed by atoms with Gasteiger partial charge in [0.05, 0.1) is 6.10 Å². The molecule has 6 nitrogen and oxygen atoms in total. The predicted molar refractivity (Wildman–Crippen MR) is 82.8 cm³/mol. The minimum Gasteiger partial charge on any atom is -0.444 e. The van der Waals surface area contributed by atoms with E-state index in [4.69, 9.17) is 4.74 Å². The number of aliphatic hydroxyl groups is 1. The summed E-state index contributed by atoms with van der Waals surface area (Å²) in [5.74, 6) is 0. The van der Waals surface area contributed by atoms with Crippen LogP contribution in [0.4, 0.5) is 4.79 Å². The molecule has 0 heterocycles. The van der Waals surface area contributed by atoms with Crippen LogP contribution in [0, 0.1) is 0 Å². The van der Waals surface area contributed by atoms with Crippen LogP contribution in [-0.2, 0) is 16.0 Å². The maximum Gasteiger partial charge on any atom is 0.409 e. The first-order valence-electron chi connectivity index (χ1n) is 7.16. The van der Waals surface area contributed by atoms with Gasteiger partial charge in [-0.3, -0.25) is 10.1 Å². The molecule has 1 unspecified atom stereocenters. The minimum absolute atomic E-state index is 0.374. The summed E-state index contributed by atoms with van der Waals surface area (Å²) in [7, 11) is 0. The van der Waals surface area contributed by atoms with Crippen molar-refractivity contribution in [2.24, 2.45) is 0 Å². The van der Waals surface area contributed by atoms with Gasteiger partial charge in [-0.2, -0.15) is 0 Å². The summed E-state index contributed by atoms with van der Waals surface area (Å²) < 4.78 is 5.10. The van der Waals surface area contributed by atoms with E-state index in [0.29, 0.717) is 12.8 Å². The number of benzene rings is 1. The fourth-order valence-corrected chi connectivity index (χ4v) is 1.85. The van der Waals surface area contributed by atoms with Crippen LogP contribution < -0.4 is 10.6 Å². The van der Waals surface area contributed by atoms with E-state index >= 15 is 0 Å². The lowest BCUT2D eigenvalue weighted by Gasteiger charge is -2.26. The van der Waals surface area contributed by atoms with Crippen molar-refractivity contribution in [2.45, 2.75) is 51.5 Å². The van der Waals surface area contributed by atoms with Gasteiger partial charge in [0.1, 0.15) is 11.8 Å². The summed E-state index contributed by atoms with van der Waals surface area (Å²) in [6.07, 6.45) is -0.128. The molecule has 0 aliphatic rings. The van der Waals surface area contributed by atoms with Gasteiger partial charge < -0.3 is 15.2 Å². The molecule has 6 heteroatoms. The van der Waals surface area contributed by atoms with E-state index in [9.17, 15) is 14.7 Å². The van der Waals surface area contributed by atoms with Crippen LogP contribution in [0.3, 0.4) is 0 Å². The molecule has 1 rings (SSSR count). The molecule has 2 amide bonds. The van der Waals surface area contributed by atoms with Crippen LogP contribution in [0.2, 0.25) is 0 Å². The summed E-state index contributed by atoms with van der Waals surface area (Å²) in [4.78, 5) is 22.2. The van der Waals surface area contributed by atoms with Crippen molar-refractivity contribution in [3.05, 3.63) is 35.9 Å². The lowest BCUT2D eigenvalue weighted by molar-refractivity contribution is 0.0399. The molecular weight excluding hydrogens is 284 g/mol. The van der Waals surface area contributed by atoms with E-state index in [1.807, 2.05) is 30.3 Å². The summed E-state index contributed by atoms with van der Waals surface area (Å²) in [6.45, 7) is 5.19. The molecule has 3 N–H and O–H groups in total. The molecule has 0 bridgehead atoms. The second-order valence-corrected chi connectivity index (χ2v) is 5.96. The number of hydrogen-bond donors (Lipinski definition) is 3. The van der Waals surface area contributed by atoms with Gasteiger partial charge in [0.15, 0.2) is 0 Å². The number of hydrogen-bond acceptors (Lipinski definition) is 4. The lowest BCUT2D eigenvalue weighted by atomic mass is 10.1. The number of carbonyl (C=O) groups is 1. The second-order valence-electron chi connectivity index (χ2n) is 5.96. The first-order valence-corrected chi connectivity index (χ1v) is 7.16. The number of aryl methyl sites for hydroxylation is 1. The van der Waals surface area contributed by atoms with Crippen LogP contribution in [0.15, 0.2) is 30.3 Å². The predicted octanol–water partition coefficient (Wildman–Crippen LogP) is 1.49. The van der Waals surface area contributed by atoms with Crippen molar-refractivity contribution in [2.75, 3.05) is 0 Å². The summed E-state index contributed by atoms with van der Waals surface area (Å²) >= 11 is 0. The first kappa shape index (κ1) is 18.0. The monoisotopic (exact) mass is 307 g/mol. The van der Waals surface area contributed by atoms with Crippen molar-refractivity contribution in [1.82, 2.24) is 10.6 Å². The van der Waals surface area contributed by atoms with Gasteiger partial charge in [-0.05, 0) is 39.2 Å². The molecule has 0 aliphatic heterocycles. The van der Waals surface area contributed by atoms with Crippen molar-refractivity contribution >= 4 is 12.5 Å². The number of aliphatic hydroxyl groups excluding tert-OH is 1. The van der Waals surface area contributed by atoms with E-state index in [1.54, 1.807) is 20.8 Å². The first-order chi connectivity index (χ1) is 10.3. The maximum absolute atomic E-state index is 11.7. The lowest BCUT2D eigenvalue weighted by Crippen LogP contribution is -2.53. The SMILES string of the molecule is CC(C)(C)OC(=O)NC(N[C]=O)[C@@H](O)CCc1ccccc1. The average Bonchev–Trinajstić information content (AvgIpc) is 2.43. The molecule has 121 valence electrons. The van der Waals surface area contributed by atoms with Crippen molar-refractivity contribution in [3.8, 4) is 0 Å². The highest BCUT2D eigenvalue weighted by atomic mass is 16.6. The summed E-state index contributed by atoms with van der Waals surface area (Å²) in [5, 5.41) is 14.8. The minimum atomic E-state index is -0.950. The summed E-state index contributed by atoms with van der Waals surface area (Å²) in [5.41, 5.74) is 0.404. The number of nitrogens with one attached hydrogen (secondary N) is 2. The van der Waals surface area contributed by atoms with E-state index < -0.39 is 24.0 Å². The van der Waals surface area contributed by atoms with Gasteiger partial charge in [-0.1, -0.05) is 30.3 Å². The standard InChI is InChI=1S/C16H23N2O4/c1-16(2,3)22-15(21)18-14(17-11-19)13(20)10-9-12-7-5-4-6-8-12/h4-8,13-14,20H,9-10H2,1-3H3,(H,17,19)(H,18,21)/t13-,14?/m0/s1. The molecule has 0 fully saturated rings. The summed E-state index contributed by atoms with van der Waals surface area (Å²) in [6, 6.07) is 9.63. The van der Waals surface area contributed by atoms with E-state index in [2.05, 4.69) is 10.6 Å². The Morgan fingerprint density at radius 3 is 2.50 bits per heavy atom. The van der Waals surface area contributed by atoms with Crippen LogP contribution in [0.5, 0.6) is 0 Å². The number of ether oxygens (including phenoxy) is 1. The van der Waals surface area contributed by atoms with Gasteiger partial charge in [-0.25, -0.2) is 4.79 Å². The molecule has 0 saturated carbocycles. The van der Waals surface area contributed by atoms with Gasteiger partial charge in [0.25, 0.3) is 0 Å². The Hall–Kier alpha value is -2.08. The van der Waals surface area contributed by atoms with Crippen LogP contribution in [0.1, 0.15) is 32.8 Å². The van der Waals surface area contributed by atoms with E-state index in [1.165, 1.54) is 6.41 Å². The maximum atomic E-state index is 11.7. The fraction of sp³-hybridized carbons (Fsp3) is 0.500. The Labute approximate surface area is 130 Å². The topological polar surface area (TPSA) is 87.7 Å². The Morgan fingerprint density at radius 1 is 1.32 bits per heavy atom. The highest BCUT2D eigenvalue weighted by Crippen LogP contribution is 2.09. The highest BCUT2D eigenvalue weighted by Gasteiger charge is 2.24. The molecule has 22 heavy (non-hydrogen) atoms. The largest absolute Gasteiger partial charge is 0.444 e. The van der Waals surface area contributed by atoms with Gasteiger partial charge >= 0.3 is 12.5 Å². The molecule has 0 spiro atoms. The molecule has 0 aromatic heterocycles. The zero-order chi connectivity index (χ0) is 16.6. The molecule has 1 aromatic carbocycles. The Balaban J connectivity index is 2.53. The Bertz CT molecular complexity index is 471. The molecule has 1 radical (unpaired) electrons. The van der Waals surface area contributed by atoms with E-state index in [0.717, 1.165) is 5.56 Å². The van der Waals surface area contributed by atoms with E-state index in [-0.39, 0.29) is 0 Å². The quantitative estimate of drug-likeness (QED) is 0.526. The smallest absolute Gasteiger partial charge is 0.409 e. The van der Waals surface area contributed by atoms with Crippen molar-refractivity contribution in [1.29, 1.82) is 0 Å². The number of rotatable bonds is 7. The van der Waals surface area contributed by atoms with Crippen molar-refractivity contribution < 1.29 is 19.4 Å². The molecule has 0 saturated heterocycles. The normalized spacial score (nSPS) is 13.8. The van der Waals surface area contributed by atoms with Crippen LogP contribution in [0.25, 0.3) is 0 Å². The molecular formula is C16H23N2O4. The Kier molecular flexibility index (Phi) is 6.85. The van der Waals surface area contributed by atoms with Gasteiger partial charge in [-0.15, -0.1) is 0 Å². The number of carbonyl (C=O) groups excluding carboxylic acids is 2. The highest BCUT2D eigenvalue weighted by molar-refractivity contribution is 5.68.